The van der Waals surface area contributed by atoms with Gasteiger partial charge >= 0.3 is 0 Å². The minimum Gasteiger partial charge on any atom is -0.497 e. The molecule has 0 saturated carbocycles. The molecule has 1 aromatic carbocycles. The molecule has 1 atom stereocenters. The Morgan fingerprint density at radius 2 is 2.17 bits per heavy atom. The van der Waals surface area contributed by atoms with E-state index in [1.807, 2.05) is 6.07 Å². The van der Waals surface area contributed by atoms with Crippen LogP contribution < -0.4 is 4.74 Å². The molecule has 0 aliphatic carbocycles. The summed E-state index contributed by atoms with van der Waals surface area (Å²) >= 11 is 1.24. The number of hydrogen-bond acceptors (Lipinski definition) is 5. The van der Waals surface area contributed by atoms with Gasteiger partial charge in [-0.25, -0.2) is 0 Å². The van der Waals surface area contributed by atoms with Gasteiger partial charge in [-0.1, -0.05) is 12.1 Å². The first-order valence-electron chi connectivity index (χ1n) is 5.22. The van der Waals surface area contributed by atoms with Crippen LogP contribution >= 0.6 is 11.3 Å². The van der Waals surface area contributed by atoms with Gasteiger partial charge in [-0.2, -0.15) is 5.26 Å². The van der Waals surface area contributed by atoms with Crippen LogP contribution in [0.1, 0.15) is 21.2 Å². The maximum Gasteiger partial charge on any atom is 0.195 e. The van der Waals surface area contributed by atoms with Gasteiger partial charge in [0, 0.05) is 6.20 Å². The number of methoxy groups -OCH3 is 1. The van der Waals surface area contributed by atoms with E-state index in [1.165, 1.54) is 17.5 Å². The van der Waals surface area contributed by atoms with Crippen LogP contribution in [0.5, 0.6) is 5.75 Å². The van der Waals surface area contributed by atoms with Gasteiger partial charge in [0.05, 0.1) is 23.6 Å². The van der Waals surface area contributed by atoms with E-state index in [9.17, 15) is 4.79 Å². The standard InChI is InChI=1S/C13H10N2O2S/c1-17-10-4-2-9(3-5-10)11(6-14)13(16)12-7-15-8-18-12/h2-5,7-8,11H,1H3. The van der Waals surface area contributed by atoms with Gasteiger partial charge in [-0.3, -0.25) is 9.78 Å². The number of benzene rings is 1. The molecule has 1 heterocycles. The maximum atomic E-state index is 12.1. The quantitative estimate of drug-likeness (QED) is 0.791. The molecular formula is C13H10N2O2S. The first kappa shape index (κ1) is 12.3. The number of thiazole rings is 1. The molecule has 1 unspecified atom stereocenters. The largest absolute Gasteiger partial charge is 0.497 e. The highest BCUT2D eigenvalue weighted by Crippen LogP contribution is 2.24. The Morgan fingerprint density at radius 3 is 2.67 bits per heavy atom. The van der Waals surface area contributed by atoms with Crippen LogP contribution in [-0.2, 0) is 0 Å². The molecule has 0 N–H and O–H groups in total. The van der Waals surface area contributed by atoms with Crippen molar-refractivity contribution in [2.24, 2.45) is 0 Å². The molecule has 0 bridgehead atoms. The van der Waals surface area contributed by atoms with Crippen LogP contribution in [0, 0.1) is 11.3 Å². The number of rotatable bonds is 4. The number of Topliss-reactive ketones (excluding diaryl/α,β-unsaturated/α-hetero) is 1. The second-order valence-corrected chi connectivity index (χ2v) is 4.45. The van der Waals surface area contributed by atoms with Crippen molar-refractivity contribution in [1.29, 1.82) is 5.26 Å². The van der Waals surface area contributed by atoms with Gasteiger partial charge in [-0.05, 0) is 17.7 Å². The van der Waals surface area contributed by atoms with E-state index in [4.69, 9.17) is 10.00 Å². The molecule has 0 amide bonds. The van der Waals surface area contributed by atoms with Gasteiger partial charge < -0.3 is 4.74 Å². The second kappa shape index (κ2) is 5.43. The molecule has 18 heavy (non-hydrogen) atoms. The smallest absolute Gasteiger partial charge is 0.195 e. The molecule has 2 aromatic rings. The number of carbonyl (C=O) groups is 1. The van der Waals surface area contributed by atoms with Crippen molar-refractivity contribution in [3.8, 4) is 11.8 Å². The highest BCUT2D eigenvalue weighted by Gasteiger charge is 2.22. The summed E-state index contributed by atoms with van der Waals surface area (Å²) < 4.78 is 5.04. The van der Waals surface area contributed by atoms with E-state index < -0.39 is 5.92 Å². The summed E-state index contributed by atoms with van der Waals surface area (Å²) in [6.07, 6.45) is 1.49. The molecule has 0 aliphatic rings. The molecule has 2 rings (SSSR count). The molecular weight excluding hydrogens is 248 g/mol. The lowest BCUT2D eigenvalue weighted by Gasteiger charge is -2.07. The number of nitrogens with zero attached hydrogens (tertiary/aromatic N) is 2. The highest BCUT2D eigenvalue weighted by molar-refractivity contribution is 7.11. The predicted octanol–water partition coefficient (Wildman–Crippen LogP) is 2.64. The summed E-state index contributed by atoms with van der Waals surface area (Å²) in [5, 5.41) is 9.16. The van der Waals surface area contributed by atoms with Gasteiger partial charge in [0.1, 0.15) is 11.7 Å². The summed E-state index contributed by atoms with van der Waals surface area (Å²) in [6.45, 7) is 0. The summed E-state index contributed by atoms with van der Waals surface area (Å²) in [6, 6.07) is 8.96. The zero-order valence-electron chi connectivity index (χ0n) is 9.66. The van der Waals surface area contributed by atoms with Gasteiger partial charge in [0.2, 0.25) is 0 Å². The molecule has 0 saturated heterocycles. The monoisotopic (exact) mass is 258 g/mol. The Balaban J connectivity index is 2.28. The third kappa shape index (κ3) is 2.39. The van der Waals surface area contributed by atoms with E-state index in [0.717, 1.165) is 0 Å². The van der Waals surface area contributed by atoms with E-state index >= 15 is 0 Å². The third-order valence-corrected chi connectivity index (χ3v) is 3.30. The topological polar surface area (TPSA) is 63.0 Å². The molecule has 0 spiro atoms. The molecule has 0 fully saturated rings. The Hall–Kier alpha value is -2.19. The van der Waals surface area contributed by atoms with Crippen molar-refractivity contribution in [3.05, 3.63) is 46.4 Å². The van der Waals surface area contributed by atoms with E-state index in [2.05, 4.69) is 4.98 Å². The molecule has 1 aromatic heterocycles. The fourth-order valence-corrected chi connectivity index (χ4v) is 2.15. The van der Waals surface area contributed by atoms with Crippen LogP contribution in [0.25, 0.3) is 0 Å². The van der Waals surface area contributed by atoms with Crippen molar-refractivity contribution in [3.63, 3.8) is 0 Å². The Morgan fingerprint density at radius 1 is 1.44 bits per heavy atom. The number of ketones is 1. The fourth-order valence-electron chi connectivity index (χ4n) is 1.56. The number of hydrogen-bond donors (Lipinski definition) is 0. The Bertz CT molecular complexity index is 570. The Kier molecular flexibility index (Phi) is 3.70. The van der Waals surface area contributed by atoms with Gasteiger partial charge in [-0.15, -0.1) is 11.3 Å². The van der Waals surface area contributed by atoms with E-state index in [0.29, 0.717) is 16.2 Å². The van der Waals surface area contributed by atoms with Crippen molar-refractivity contribution in [2.75, 3.05) is 7.11 Å². The summed E-state index contributed by atoms with van der Waals surface area (Å²) in [5.41, 5.74) is 2.24. The van der Waals surface area contributed by atoms with Gasteiger partial charge in [0.25, 0.3) is 0 Å². The lowest BCUT2D eigenvalue weighted by atomic mass is 9.95. The highest BCUT2D eigenvalue weighted by atomic mass is 32.1. The summed E-state index contributed by atoms with van der Waals surface area (Å²) in [7, 11) is 1.57. The van der Waals surface area contributed by atoms with Crippen LogP contribution in [0.4, 0.5) is 0 Å². The average Bonchev–Trinajstić information content (AvgIpc) is 2.94. The average molecular weight is 258 g/mol. The summed E-state index contributed by atoms with van der Waals surface area (Å²) in [5.74, 6) is -0.317. The van der Waals surface area contributed by atoms with Crippen molar-refractivity contribution < 1.29 is 9.53 Å². The number of carbonyl (C=O) groups excluding carboxylic acids is 1. The normalized spacial score (nSPS) is 11.6. The minimum atomic E-state index is -0.795. The van der Waals surface area contributed by atoms with E-state index in [-0.39, 0.29) is 5.78 Å². The lowest BCUT2D eigenvalue weighted by Crippen LogP contribution is -2.09. The molecule has 90 valence electrons. The predicted molar refractivity (Wildman–Crippen MR) is 67.8 cm³/mol. The molecule has 0 radical (unpaired) electrons. The van der Waals surface area contributed by atoms with Crippen molar-refractivity contribution in [1.82, 2.24) is 4.98 Å². The lowest BCUT2D eigenvalue weighted by molar-refractivity contribution is 0.0982. The third-order valence-electron chi connectivity index (χ3n) is 2.52. The van der Waals surface area contributed by atoms with Crippen molar-refractivity contribution >= 4 is 17.1 Å². The SMILES string of the molecule is COc1ccc(C(C#N)C(=O)c2cncs2)cc1. The fraction of sp³-hybridized carbons (Fsp3) is 0.154. The molecule has 4 nitrogen and oxygen atoms in total. The Labute approximate surface area is 108 Å². The first-order chi connectivity index (χ1) is 8.76. The van der Waals surface area contributed by atoms with Crippen LogP contribution in [0.2, 0.25) is 0 Å². The molecule has 0 aliphatic heterocycles. The van der Waals surface area contributed by atoms with Crippen molar-refractivity contribution in [2.45, 2.75) is 5.92 Å². The minimum absolute atomic E-state index is 0.217. The number of aromatic nitrogens is 1. The maximum absolute atomic E-state index is 12.1. The van der Waals surface area contributed by atoms with E-state index in [1.54, 1.807) is 36.9 Å². The first-order valence-corrected chi connectivity index (χ1v) is 6.10. The molecule has 5 heteroatoms. The van der Waals surface area contributed by atoms with Crippen LogP contribution in [-0.4, -0.2) is 17.9 Å². The zero-order chi connectivity index (χ0) is 13.0. The van der Waals surface area contributed by atoms with Gasteiger partial charge in [0.15, 0.2) is 5.78 Å². The summed E-state index contributed by atoms with van der Waals surface area (Å²) in [4.78, 5) is 16.5. The van der Waals surface area contributed by atoms with Crippen LogP contribution in [0.15, 0.2) is 36.0 Å². The van der Waals surface area contributed by atoms with Crippen LogP contribution in [0.3, 0.4) is 0 Å². The second-order valence-electron chi connectivity index (χ2n) is 3.57. The number of nitriles is 1. The number of ether oxygens (including phenoxy) is 1. The zero-order valence-corrected chi connectivity index (χ0v) is 10.5.